The summed E-state index contributed by atoms with van der Waals surface area (Å²) < 4.78 is 0. The minimum atomic E-state index is 0.163. The van der Waals surface area contributed by atoms with Gasteiger partial charge in [0.25, 0.3) is 0 Å². The van der Waals surface area contributed by atoms with E-state index in [2.05, 4.69) is 45.0 Å². The molecule has 0 saturated carbocycles. The lowest BCUT2D eigenvalue weighted by Gasteiger charge is -2.25. The van der Waals surface area contributed by atoms with E-state index in [0.717, 1.165) is 17.2 Å². The Morgan fingerprint density at radius 2 is 1.96 bits per heavy atom. The van der Waals surface area contributed by atoms with Crippen LogP contribution in [0.25, 0.3) is 0 Å². The van der Waals surface area contributed by atoms with Gasteiger partial charge in [-0.25, -0.2) is 0 Å². The zero-order valence-electron chi connectivity index (χ0n) is 13.9. The summed E-state index contributed by atoms with van der Waals surface area (Å²) in [6.07, 6.45) is 0.523. The minimum absolute atomic E-state index is 0.163. The second-order valence-electron chi connectivity index (χ2n) is 6.94. The van der Waals surface area contributed by atoms with Crippen molar-refractivity contribution in [2.24, 2.45) is 0 Å². The smallest absolute Gasteiger partial charge is 0.229 e. The number of thioether (sulfide) groups is 1. The highest BCUT2D eigenvalue weighted by molar-refractivity contribution is 7.99. The molecule has 0 aliphatic carbocycles. The molecule has 1 atom stereocenters. The third-order valence-corrected chi connectivity index (χ3v) is 6.32. The lowest BCUT2D eigenvalue weighted by atomic mass is 9.86. The van der Waals surface area contributed by atoms with Crippen LogP contribution in [0.5, 0.6) is 0 Å². The molecule has 0 N–H and O–H groups in total. The van der Waals surface area contributed by atoms with Gasteiger partial charge in [0, 0.05) is 17.2 Å². The molecule has 1 saturated heterocycles. The van der Waals surface area contributed by atoms with E-state index in [-0.39, 0.29) is 16.7 Å². The Morgan fingerprint density at radius 1 is 1.22 bits per heavy atom. The Bertz CT molecular complexity index is 656. The molecule has 3 rings (SSSR count). The van der Waals surface area contributed by atoms with Crippen LogP contribution in [0.4, 0.5) is 0 Å². The Balaban J connectivity index is 1.74. The molecule has 2 aromatic rings. The van der Waals surface area contributed by atoms with Crippen LogP contribution in [0.3, 0.4) is 0 Å². The van der Waals surface area contributed by atoms with Gasteiger partial charge in [-0.3, -0.25) is 4.79 Å². The van der Waals surface area contributed by atoms with Crippen LogP contribution in [0.1, 0.15) is 42.1 Å². The van der Waals surface area contributed by atoms with E-state index in [9.17, 15) is 4.79 Å². The first kappa shape index (κ1) is 16.6. The van der Waals surface area contributed by atoms with Crippen LogP contribution in [-0.4, -0.2) is 23.1 Å². The van der Waals surface area contributed by atoms with E-state index in [1.807, 2.05) is 34.2 Å². The maximum atomic E-state index is 12.6. The van der Waals surface area contributed by atoms with Gasteiger partial charge in [0.05, 0.1) is 6.42 Å². The SMILES string of the molecule is CC(C)(C)c1ccc(C2SCCN2C(=O)Cc2cccs2)cc1. The molecule has 4 heteroatoms. The quantitative estimate of drug-likeness (QED) is 0.791. The number of carbonyl (C=O) groups is 1. The van der Waals surface area contributed by atoms with E-state index in [4.69, 9.17) is 0 Å². The van der Waals surface area contributed by atoms with E-state index >= 15 is 0 Å². The fourth-order valence-electron chi connectivity index (χ4n) is 2.81. The third-order valence-electron chi connectivity index (χ3n) is 4.18. The van der Waals surface area contributed by atoms with Gasteiger partial charge in [-0.1, -0.05) is 51.1 Å². The van der Waals surface area contributed by atoms with Gasteiger partial charge in [-0.05, 0) is 28.0 Å². The molecule has 1 aliphatic heterocycles. The van der Waals surface area contributed by atoms with Crippen molar-refractivity contribution in [3.63, 3.8) is 0 Å². The molecule has 2 heterocycles. The number of benzene rings is 1. The molecule has 0 spiro atoms. The molecule has 1 aromatic carbocycles. The van der Waals surface area contributed by atoms with Crippen LogP contribution >= 0.6 is 23.1 Å². The van der Waals surface area contributed by atoms with Crippen molar-refractivity contribution in [3.05, 3.63) is 57.8 Å². The van der Waals surface area contributed by atoms with Crippen molar-refractivity contribution in [1.82, 2.24) is 4.90 Å². The molecule has 0 bridgehead atoms. The number of hydrogen-bond acceptors (Lipinski definition) is 3. The van der Waals surface area contributed by atoms with Crippen LogP contribution in [0.2, 0.25) is 0 Å². The molecule has 122 valence electrons. The number of nitrogens with zero attached hydrogens (tertiary/aromatic N) is 1. The summed E-state index contributed by atoms with van der Waals surface area (Å²) in [4.78, 5) is 15.8. The lowest BCUT2D eigenvalue weighted by Crippen LogP contribution is -2.31. The predicted molar refractivity (Wildman–Crippen MR) is 100 cm³/mol. The van der Waals surface area contributed by atoms with Gasteiger partial charge in [0.2, 0.25) is 5.91 Å². The summed E-state index contributed by atoms with van der Waals surface area (Å²) in [7, 11) is 0. The van der Waals surface area contributed by atoms with Gasteiger partial charge < -0.3 is 4.90 Å². The summed E-state index contributed by atoms with van der Waals surface area (Å²) >= 11 is 3.52. The van der Waals surface area contributed by atoms with E-state index in [1.165, 1.54) is 11.1 Å². The monoisotopic (exact) mass is 345 g/mol. The molecule has 0 radical (unpaired) electrons. The van der Waals surface area contributed by atoms with Gasteiger partial charge in [0.15, 0.2) is 0 Å². The average molecular weight is 346 g/mol. The maximum Gasteiger partial charge on any atom is 0.229 e. The minimum Gasteiger partial charge on any atom is -0.325 e. The van der Waals surface area contributed by atoms with Crippen LogP contribution < -0.4 is 0 Å². The Hall–Kier alpha value is -1.26. The second kappa shape index (κ2) is 6.70. The highest BCUT2D eigenvalue weighted by Gasteiger charge is 2.30. The first-order valence-electron chi connectivity index (χ1n) is 7.99. The highest BCUT2D eigenvalue weighted by Crippen LogP contribution is 2.39. The van der Waals surface area contributed by atoms with Gasteiger partial charge in [-0.2, -0.15) is 0 Å². The van der Waals surface area contributed by atoms with Crippen molar-refractivity contribution < 1.29 is 4.79 Å². The van der Waals surface area contributed by atoms with Crippen LogP contribution in [-0.2, 0) is 16.6 Å². The maximum absolute atomic E-state index is 12.6. The molecule has 23 heavy (non-hydrogen) atoms. The molecule has 1 amide bonds. The molecular formula is C19H23NOS2. The summed E-state index contributed by atoms with van der Waals surface area (Å²) in [5.74, 6) is 1.25. The normalized spacial score (nSPS) is 18.4. The van der Waals surface area contributed by atoms with E-state index in [1.54, 1.807) is 11.3 Å². The fraction of sp³-hybridized carbons (Fsp3) is 0.421. The largest absolute Gasteiger partial charge is 0.325 e. The molecular weight excluding hydrogens is 322 g/mol. The van der Waals surface area contributed by atoms with Crippen molar-refractivity contribution in [2.45, 2.75) is 38.0 Å². The zero-order chi connectivity index (χ0) is 16.4. The highest BCUT2D eigenvalue weighted by atomic mass is 32.2. The molecule has 1 fully saturated rings. The molecule has 2 nitrogen and oxygen atoms in total. The van der Waals surface area contributed by atoms with Gasteiger partial charge >= 0.3 is 0 Å². The number of thiophene rings is 1. The first-order valence-corrected chi connectivity index (χ1v) is 9.92. The lowest BCUT2D eigenvalue weighted by molar-refractivity contribution is -0.130. The summed E-state index contributed by atoms with van der Waals surface area (Å²) in [6, 6.07) is 12.8. The number of rotatable bonds is 3. The molecule has 1 unspecified atom stereocenters. The van der Waals surface area contributed by atoms with Crippen molar-refractivity contribution >= 4 is 29.0 Å². The molecule has 1 aliphatic rings. The van der Waals surface area contributed by atoms with Crippen molar-refractivity contribution in [1.29, 1.82) is 0 Å². The first-order chi connectivity index (χ1) is 10.9. The summed E-state index contributed by atoms with van der Waals surface area (Å²) in [5.41, 5.74) is 2.73. The fourth-order valence-corrected chi connectivity index (χ4v) is 4.79. The standard InChI is InChI=1S/C19H23NOS2/c1-19(2,3)15-8-6-14(7-9-15)18-20(10-12-23-18)17(21)13-16-5-4-11-22-16/h4-9,11,18H,10,12-13H2,1-3H3. The second-order valence-corrected chi connectivity index (χ2v) is 9.16. The zero-order valence-corrected chi connectivity index (χ0v) is 15.5. The number of amides is 1. The van der Waals surface area contributed by atoms with Crippen LogP contribution in [0, 0.1) is 0 Å². The van der Waals surface area contributed by atoms with Gasteiger partial charge in [0.1, 0.15) is 5.37 Å². The summed E-state index contributed by atoms with van der Waals surface area (Å²) in [6.45, 7) is 7.52. The average Bonchev–Trinajstić information content (AvgIpc) is 3.17. The number of carbonyl (C=O) groups excluding carboxylic acids is 1. The predicted octanol–water partition coefficient (Wildman–Crippen LogP) is 4.86. The Kier molecular flexibility index (Phi) is 4.83. The Labute approximate surface area is 146 Å². The number of hydrogen-bond donors (Lipinski definition) is 0. The topological polar surface area (TPSA) is 20.3 Å². The molecule has 1 aromatic heterocycles. The van der Waals surface area contributed by atoms with E-state index < -0.39 is 0 Å². The van der Waals surface area contributed by atoms with E-state index in [0.29, 0.717) is 6.42 Å². The van der Waals surface area contributed by atoms with Crippen molar-refractivity contribution in [3.8, 4) is 0 Å². The van der Waals surface area contributed by atoms with Gasteiger partial charge in [-0.15, -0.1) is 23.1 Å². The summed E-state index contributed by atoms with van der Waals surface area (Å²) in [5, 5.41) is 2.20. The third kappa shape index (κ3) is 3.81. The van der Waals surface area contributed by atoms with Crippen molar-refractivity contribution in [2.75, 3.05) is 12.3 Å². The van der Waals surface area contributed by atoms with Crippen LogP contribution in [0.15, 0.2) is 41.8 Å². The Morgan fingerprint density at radius 3 is 2.57 bits per heavy atom.